The van der Waals surface area contributed by atoms with Crippen molar-refractivity contribution >= 4 is 26.0 Å². The van der Waals surface area contributed by atoms with Gasteiger partial charge in [-0.25, -0.2) is 8.42 Å². The molecule has 4 nitrogen and oxygen atoms in total. The van der Waals surface area contributed by atoms with Gasteiger partial charge in [0.2, 0.25) is 10.0 Å². The van der Waals surface area contributed by atoms with Crippen LogP contribution in [0.25, 0.3) is 0 Å². The smallest absolute Gasteiger partial charge is 0.244 e. The van der Waals surface area contributed by atoms with Crippen molar-refractivity contribution in [2.45, 2.75) is 30.3 Å². The van der Waals surface area contributed by atoms with Crippen LogP contribution < -0.4 is 5.32 Å². The molecule has 18 heavy (non-hydrogen) atoms. The fourth-order valence-electron chi connectivity index (χ4n) is 1.86. The molecule has 1 fully saturated rings. The number of sulfonamides is 1. The van der Waals surface area contributed by atoms with E-state index in [1.165, 1.54) is 4.31 Å². The predicted octanol–water partition coefficient (Wildman–Crippen LogP) is 1.95. The number of nitrogens with zero attached hydrogens (tertiary/aromatic N) is 1. The molecule has 1 N–H and O–H groups in total. The molecule has 0 heterocycles. The van der Waals surface area contributed by atoms with E-state index in [-0.39, 0.29) is 6.04 Å². The van der Waals surface area contributed by atoms with Gasteiger partial charge in [-0.2, -0.15) is 4.31 Å². The maximum atomic E-state index is 12.4. The van der Waals surface area contributed by atoms with Gasteiger partial charge in [0.15, 0.2) is 0 Å². The Morgan fingerprint density at radius 3 is 2.61 bits per heavy atom. The van der Waals surface area contributed by atoms with E-state index < -0.39 is 10.0 Å². The van der Waals surface area contributed by atoms with Crippen LogP contribution in [0.1, 0.15) is 18.4 Å². The first kappa shape index (κ1) is 14.0. The van der Waals surface area contributed by atoms with Gasteiger partial charge < -0.3 is 5.32 Å². The van der Waals surface area contributed by atoms with Crippen molar-refractivity contribution in [1.29, 1.82) is 0 Å². The summed E-state index contributed by atoms with van der Waals surface area (Å²) in [5.74, 6) is 0. The second-order valence-corrected chi connectivity index (χ2v) is 7.37. The largest absolute Gasteiger partial charge is 0.316 e. The van der Waals surface area contributed by atoms with Gasteiger partial charge in [-0.05, 0) is 53.5 Å². The molecule has 6 heteroatoms. The Balaban J connectivity index is 2.32. The second kappa shape index (κ2) is 5.28. The first-order valence-corrected chi connectivity index (χ1v) is 8.11. The van der Waals surface area contributed by atoms with Crippen LogP contribution in [0.15, 0.2) is 27.6 Å². The molecule has 0 unspecified atom stereocenters. The third kappa shape index (κ3) is 2.77. The number of hydrogen-bond donors (Lipinski definition) is 1. The van der Waals surface area contributed by atoms with Gasteiger partial charge in [0, 0.05) is 24.1 Å². The molecule has 1 aliphatic carbocycles. The van der Waals surface area contributed by atoms with Crippen LogP contribution >= 0.6 is 15.9 Å². The van der Waals surface area contributed by atoms with E-state index in [1.807, 2.05) is 19.2 Å². The van der Waals surface area contributed by atoms with E-state index in [9.17, 15) is 8.42 Å². The molecular weight excluding hydrogens is 316 g/mol. The highest BCUT2D eigenvalue weighted by Gasteiger charge is 2.35. The molecular formula is C12H17BrN2O2S. The lowest BCUT2D eigenvalue weighted by atomic mass is 10.2. The number of rotatable bonds is 5. The Hall–Kier alpha value is -0.430. The highest BCUT2D eigenvalue weighted by atomic mass is 79.9. The van der Waals surface area contributed by atoms with Gasteiger partial charge in [-0.15, -0.1) is 0 Å². The molecule has 0 radical (unpaired) electrons. The van der Waals surface area contributed by atoms with E-state index in [0.29, 0.717) is 9.37 Å². The maximum Gasteiger partial charge on any atom is 0.244 e. The third-order valence-corrected chi connectivity index (χ3v) is 5.98. The molecule has 2 rings (SSSR count). The number of hydrogen-bond acceptors (Lipinski definition) is 3. The molecule has 0 spiro atoms. The molecule has 0 saturated heterocycles. The summed E-state index contributed by atoms with van der Waals surface area (Å²) in [6.45, 7) is 0.720. The summed E-state index contributed by atoms with van der Waals surface area (Å²) in [6.07, 6.45) is 1.93. The Labute approximate surface area is 117 Å². The number of halogens is 1. The van der Waals surface area contributed by atoms with Gasteiger partial charge in [-0.1, -0.05) is 6.07 Å². The molecule has 1 saturated carbocycles. The van der Waals surface area contributed by atoms with Gasteiger partial charge in [-0.3, -0.25) is 0 Å². The summed E-state index contributed by atoms with van der Waals surface area (Å²) in [4.78, 5) is 0.344. The van der Waals surface area contributed by atoms with E-state index in [0.717, 1.165) is 24.9 Å². The lowest BCUT2D eigenvalue weighted by molar-refractivity contribution is 0.464. The molecule has 1 aromatic carbocycles. The van der Waals surface area contributed by atoms with E-state index >= 15 is 0 Å². The first-order valence-electron chi connectivity index (χ1n) is 5.88. The van der Waals surface area contributed by atoms with E-state index in [4.69, 9.17) is 0 Å². The predicted molar refractivity (Wildman–Crippen MR) is 74.9 cm³/mol. The molecule has 1 aromatic rings. The van der Waals surface area contributed by atoms with E-state index in [1.54, 1.807) is 13.1 Å². The molecule has 0 aliphatic heterocycles. The van der Waals surface area contributed by atoms with Gasteiger partial charge in [0.1, 0.15) is 0 Å². The highest BCUT2D eigenvalue weighted by Crippen LogP contribution is 2.33. The standard InChI is InChI=1S/C12H17BrN2O2S/c1-14-8-9-3-6-12(11(13)7-9)18(16,17)15(2)10-4-5-10/h3,6-7,10,14H,4-5,8H2,1-2H3. The van der Waals surface area contributed by atoms with Gasteiger partial charge in [0.05, 0.1) is 4.90 Å². The van der Waals surface area contributed by atoms with Crippen LogP contribution in [-0.2, 0) is 16.6 Å². The van der Waals surface area contributed by atoms with Gasteiger partial charge >= 0.3 is 0 Å². The van der Waals surface area contributed by atoms with Crippen LogP contribution in [0.3, 0.4) is 0 Å². The Kier molecular flexibility index (Phi) is 4.11. The minimum absolute atomic E-state index is 0.180. The summed E-state index contributed by atoms with van der Waals surface area (Å²) in [7, 11) is 0.142. The zero-order valence-corrected chi connectivity index (χ0v) is 12.9. The average Bonchev–Trinajstić information content (AvgIpc) is 3.12. The summed E-state index contributed by atoms with van der Waals surface area (Å²) in [6, 6.07) is 5.54. The van der Waals surface area contributed by atoms with Crippen molar-refractivity contribution in [3.63, 3.8) is 0 Å². The lowest BCUT2D eigenvalue weighted by Gasteiger charge is -2.17. The van der Waals surface area contributed by atoms with Crippen molar-refractivity contribution in [1.82, 2.24) is 9.62 Å². The quantitative estimate of drug-likeness (QED) is 0.896. The van der Waals surface area contributed by atoms with Crippen molar-refractivity contribution in [2.75, 3.05) is 14.1 Å². The Morgan fingerprint density at radius 1 is 1.44 bits per heavy atom. The molecule has 0 atom stereocenters. The minimum atomic E-state index is -3.37. The van der Waals surface area contributed by atoms with Crippen molar-refractivity contribution in [2.24, 2.45) is 0 Å². The van der Waals surface area contributed by atoms with Crippen molar-refractivity contribution < 1.29 is 8.42 Å². The molecule has 100 valence electrons. The fraction of sp³-hybridized carbons (Fsp3) is 0.500. The zero-order chi connectivity index (χ0) is 13.3. The minimum Gasteiger partial charge on any atom is -0.316 e. The summed E-state index contributed by atoms with van der Waals surface area (Å²) >= 11 is 3.36. The Morgan fingerprint density at radius 2 is 2.11 bits per heavy atom. The van der Waals surface area contributed by atoms with Crippen LogP contribution in [0, 0.1) is 0 Å². The maximum absolute atomic E-state index is 12.4. The van der Waals surface area contributed by atoms with Gasteiger partial charge in [0.25, 0.3) is 0 Å². The lowest BCUT2D eigenvalue weighted by Crippen LogP contribution is -2.29. The number of nitrogens with one attached hydrogen (secondary N) is 1. The van der Waals surface area contributed by atoms with Crippen molar-refractivity contribution in [3.8, 4) is 0 Å². The average molecular weight is 333 g/mol. The van der Waals surface area contributed by atoms with E-state index in [2.05, 4.69) is 21.2 Å². The molecule has 0 amide bonds. The molecule has 0 aromatic heterocycles. The van der Waals surface area contributed by atoms with Crippen LogP contribution in [0.4, 0.5) is 0 Å². The van der Waals surface area contributed by atoms with Crippen LogP contribution in [0.5, 0.6) is 0 Å². The summed E-state index contributed by atoms with van der Waals surface area (Å²) < 4.78 is 26.9. The summed E-state index contributed by atoms with van der Waals surface area (Å²) in [5.41, 5.74) is 1.05. The monoisotopic (exact) mass is 332 g/mol. The van der Waals surface area contributed by atoms with Crippen molar-refractivity contribution in [3.05, 3.63) is 28.2 Å². The molecule has 0 bridgehead atoms. The topological polar surface area (TPSA) is 49.4 Å². The second-order valence-electron chi connectivity index (χ2n) is 4.55. The SMILES string of the molecule is CNCc1ccc(S(=O)(=O)N(C)C2CC2)c(Br)c1. The number of benzene rings is 1. The zero-order valence-electron chi connectivity index (χ0n) is 10.5. The molecule has 1 aliphatic rings. The first-order chi connectivity index (χ1) is 8.46. The Bertz CT molecular complexity index is 541. The summed E-state index contributed by atoms with van der Waals surface area (Å²) in [5, 5.41) is 3.04. The normalized spacial score (nSPS) is 16.2. The van der Waals surface area contributed by atoms with Crippen LogP contribution in [0.2, 0.25) is 0 Å². The third-order valence-electron chi connectivity index (χ3n) is 3.10. The van der Waals surface area contributed by atoms with Crippen LogP contribution in [-0.4, -0.2) is 32.9 Å². The fourth-order valence-corrected chi connectivity index (χ4v) is 4.36. The highest BCUT2D eigenvalue weighted by molar-refractivity contribution is 9.10.